The number of benzene rings is 1. The Balaban J connectivity index is 1.72. The zero-order valence-corrected chi connectivity index (χ0v) is 11.9. The Bertz CT molecular complexity index is 757. The minimum atomic E-state index is 0.0713. The number of nitrogens with zero attached hydrogens (tertiary/aromatic N) is 2. The molecular formula is C14H10ClN3OS. The Kier molecular flexibility index (Phi) is 3.71. The minimum Gasteiger partial charge on any atom is -0.331 e. The van der Waals surface area contributed by atoms with Crippen LogP contribution in [0.1, 0.15) is 10.4 Å². The number of nitrogens with one attached hydrogen (secondary N) is 1. The van der Waals surface area contributed by atoms with Crippen molar-refractivity contribution < 1.29 is 4.79 Å². The molecule has 6 heteroatoms. The van der Waals surface area contributed by atoms with Gasteiger partial charge in [0.25, 0.3) is 0 Å². The fourth-order valence-corrected chi connectivity index (χ4v) is 2.69. The molecule has 0 amide bonds. The van der Waals surface area contributed by atoms with E-state index in [0.29, 0.717) is 27.1 Å². The van der Waals surface area contributed by atoms with Crippen LogP contribution in [-0.4, -0.2) is 26.5 Å². The topological polar surface area (TPSA) is 58.6 Å². The normalized spacial score (nSPS) is 10.8. The molecule has 0 radical (unpaired) electrons. The zero-order valence-electron chi connectivity index (χ0n) is 10.3. The first kappa shape index (κ1) is 13.1. The van der Waals surface area contributed by atoms with Crippen LogP contribution in [0.5, 0.6) is 0 Å². The second-order valence-electron chi connectivity index (χ2n) is 4.14. The molecule has 0 fully saturated rings. The Hall–Kier alpha value is -1.85. The molecule has 0 saturated heterocycles. The van der Waals surface area contributed by atoms with Gasteiger partial charge in [0.1, 0.15) is 0 Å². The predicted octanol–water partition coefficient (Wildman–Crippen LogP) is 3.59. The third-order valence-electron chi connectivity index (χ3n) is 2.72. The molecule has 4 nitrogen and oxygen atoms in total. The Morgan fingerprint density at radius 3 is 2.90 bits per heavy atom. The van der Waals surface area contributed by atoms with Crippen LogP contribution in [0.4, 0.5) is 0 Å². The number of imidazole rings is 1. The summed E-state index contributed by atoms with van der Waals surface area (Å²) in [6.45, 7) is 0. The lowest BCUT2D eigenvalue weighted by atomic mass is 10.2. The number of aromatic nitrogens is 3. The van der Waals surface area contributed by atoms with Crippen molar-refractivity contribution in [1.82, 2.24) is 15.0 Å². The van der Waals surface area contributed by atoms with Gasteiger partial charge < -0.3 is 4.98 Å². The van der Waals surface area contributed by atoms with Crippen molar-refractivity contribution in [3.63, 3.8) is 0 Å². The summed E-state index contributed by atoms with van der Waals surface area (Å²) in [6, 6.07) is 11.0. The molecule has 1 N–H and O–H groups in total. The average molecular weight is 304 g/mol. The summed E-state index contributed by atoms with van der Waals surface area (Å²) >= 11 is 7.22. The maximum absolute atomic E-state index is 12.0. The zero-order chi connectivity index (χ0) is 13.9. The van der Waals surface area contributed by atoms with E-state index in [2.05, 4.69) is 15.0 Å². The molecule has 0 bridgehead atoms. The van der Waals surface area contributed by atoms with Crippen molar-refractivity contribution in [2.45, 2.75) is 5.16 Å². The molecule has 2 aromatic heterocycles. The lowest BCUT2D eigenvalue weighted by Crippen LogP contribution is -2.01. The summed E-state index contributed by atoms with van der Waals surface area (Å²) in [5.41, 5.74) is 2.08. The van der Waals surface area contributed by atoms with Crippen molar-refractivity contribution in [1.29, 1.82) is 0 Å². The van der Waals surface area contributed by atoms with Gasteiger partial charge in [-0.05, 0) is 6.07 Å². The quantitative estimate of drug-likeness (QED) is 0.591. The van der Waals surface area contributed by atoms with Gasteiger partial charge in [-0.15, -0.1) is 0 Å². The highest BCUT2D eigenvalue weighted by Crippen LogP contribution is 2.21. The summed E-state index contributed by atoms with van der Waals surface area (Å²) in [4.78, 5) is 23.5. The number of rotatable bonds is 4. The number of aromatic amines is 1. The number of fused-ring (bicyclic) bond motifs is 1. The van der Waals surface area contributed by atoms with Gasteiger partial charge in [0, 0.05) is 11.8 Å². The van der Waals surface area contributed by atoms with Gasteiger partial charge in [-0.25, -0.2) is 9.97 Å². The molecule has 0 aliphatic heterocycles. The molecule has 100 valence electrons. The van der Waals surface area contributed by atoms with Crippen LogP contribution < -0.4 is 0 Å². The monoisotopic (exact) mass is 303 g/mol. The molecule has 0 saturated carbocycles. The van der Waals surface area contributed by atoms with Gasteiger partial charge in [0.05, 0.1) is 16.3 Å². The first-order valence-electron chi connectivity index (χ1n) is 5.95. The van der Waals surface area contributed by atoms with Gasteiger partial charge in [-0.3, -0.25) is 4.79 Å². The van der Waals surface area contributed by atoms with Gasteiger partial charge in [0.2, 0.25) is 0 Å². The highest BCUT2D eigenvalue weighted by molar-refractivity contribution is 7.99. The summed E-state index contributed by atoms with van der Waals surface area (Å²) < 4.78 is 0. The lowest BCUT2D eigenvalue weighted by Gasteiger charge is -1.98. The largest absolute Gasteiger partial charge is 0.331 e. The molecule has 3 aromatic rings. The maximum atomic E-state index is 12.0. The molecule has 20 heavy (non-hydrogen) atoms. The highest BCUT2D eigenvalue weighted by Gasteiger charge is 2.09. The molecule has 3 rings (SSSR count). The minimum absolute atomic E-state index is 0.0713. The summed E-state index contributed by atoms with van der Waals surface area (Å²) in [7, 11) is 0. The van der Waals surface area contributed by atoms with Crippen molar-refractivity contribution >= 4 is 40.3 Å². The average Bonchev–Trinajstić information content (AvgIpc) is 2.87. The Morgan fingerprint density at radius 2 is 2.10 bits per heavy atom. The number of carbonyl (C=O) groups excluding carboxylic acids is 1. The lowest BCUT2D eigenvalue weighted by molar-refractivity contribution is 0.102. The van der Waals surface area contributed by atoms with E-state index < -0.39 is 0 Å². The van der Waals surface area contributed by atoms with Gasteiger partial charge in [-0.2, -0.15) is 0 Å². The van der Waals surface area contributed by atoms with E-state index in [1.165, 1.54) is 11.8 Å². The molecule has 2 heterocycles. The number of ketones is 1. The van der Waals surface area contributed by atoms with E-state index >= 15 is 0 Å². The van der Waals surface area contributed by atoms with E-state index in [-0.39, 0.29) is 5.78 Å². The fourth-order valence-electron chi connectivity index (χ4n) is 1.76. The number of H-pyrrole nitrogens is 1. The fraction of sp³-hybridized carbons (Fsp3) is 0.0714. The molecule has 0 unspecified atom stereocenters. The number of Topliss-reactive ketones (excluding diaryl/α,β-unsaturated/α-hetero) is 1. The van der Waals surface area contributed by atoms with Crippen LogP contribution in [-0.2, 0) is 0 Å². The molecule has 0 aliphatic rings. The van der Waals surface area contributed by atoms with Crippen molar-refractivity contribution in [2.75, 3.05) is 5.75 Å². The van der Waals surface area contributed by atoms with Crippen molar-refractivity contribution in [3.05, 3.63) is 53.2 Å². The van der Waals surface area contributed by atoms with Gasteiger partial charge >= 0.3 is 0 Å². The van der Waals surface area contributed by atoms with E-state index in [9.17, 15) is 4.79 Å². The molecule has 1 aromatic carbocycles. The van der Waals surface area contributed by atoms with E-state index in [4.69, 9.17) is 11.6 Å². The summed E-state index contributed by atoms with van der Waals surface area (Å²) in [6.07, 6.45) is 1.55. The summed E-state index contributed by atoms with van der Waals surface area (Å²) in [5, 5.41) is 1.22. The number of pyridine rings is 1. The smallest absolute Gasteiger partial charge is 0.178 e. The van der Waals surface area contributed by atoms with E-state index in [0.717, 1.165) is 5.52 Å². The Labute approximate surface area is 124 Å². The molecular weight excluding hydrogens is 294 g/mol. The first-order chi connectivity index (χ1) is 9.72. The number of halogens is 1. The van der Waals surface area contributed by atoms with Crippen molar-refractivity contribution in [3.8, 4) is 0 Å². The second-order valence-corrected chi connectivity index (χ2v) is 5.55. The standard InChI is InChI=1S/C14H10ClN3OS/c15-10-6-11-13(16-7-10)18-14(17-11)20-8-12(19)9-4-2-1-3-5-9/h1-7H,8H2,(H,16,17,18). The third-order valence-corrected chi connectivity index (χ3v) is 3.80. The van der Waals surface area contributed by atoms with Gasteiger partial charge in [-0.1, -0.05) is 53.7 Å². The van der Waals surface area contributed by atoms with Crippen LogP contribution in [0.2, 0.25) is 5.02 Å². The summed E-state index contributed by atoms with van der Waals surface area (Å²) in [5.74, 6) is 0.402. The molecule has 0 atom stereocenters. The second kappa shape index (κ2) is 5.64. The first-order valence-corrected chi connectivity index (χ1v) is 7.31. The van der Waals surface area contributed by atoms with Crippen LogP contribution in [0.15, 0.2) is 47.8 Å². The van der Waals surface area contributed by atoms with Crippen LogP contribution in [0.25, 0.3) is 11.2 Å². The highest BCUT2D eigenvalue weighted by atomic mass is 35.5. The SMILES string of the molecule is O=C(CSc1nc2ncc(Cl)cc2[nH]1)c1ccccc1. The van der Waals surface area contributed by atoms with Crippen LogP contribution in [0, 0.1) is 0 Å². The van der Waals surface area contributed by atoms with Crippen molar-refractivity contribution in [2.24, 2.45) is 0 Å². The van der Waals surface area contributed by atoms with Crippen LogP contribution in [0.3, 0.4) is 0 Å². The predicted molar refractivity (Wildman–Crippen MR) is 80.4 cm³/mol. The number of hydrogen-bond acceptors (Lipinski definition) is 4. The molecule has 0 spiro atoms. The van der Waals surface area contributed by atoms with Gasteiger partial charge in [0.15, 0.2) is 16.6 Å². The third kappa shape index (κ3) is 2.84. The number of hydrogen-bond donors (Lipinski definition) is 1. The van der Waals surface area contributed by atoms with Crippen LogP contribution >= 0.6 is 23.4 Å². The Morgan fingerprint density at radius 1 is 1.30 bits per heavy atom. The van der Waals surface area contributed by atoms with E-state index in [1.54, 1.807) is 12.3 Å². The number of carbonyl (C=O) groups is 1. The van der Waals surface area contributed by atoms with E-state index in [1.807, 2.05) is 30.3 Å². The maximum Gasteiger partial charge on any atom is 0.178 e. The number of thioether (sulfide) groups is 1. The molecule has 0 aliphatic carbocycles.